The number of nitrogens with zero attached hydrogens (tertiary/aromatic N) is 1. The number of amides is 2. The molecule has 138 valence electrons. The van der Waals surface area contributed by atoms with Gasteiger partial charge in [-0.1, -0.05) is 18.2 Å². The molecule has 25 heavy (non-hydrogen) atoms. The first-order chi connectivity index (χ1) is 11.8. The van der Waals surface area contributed by atoms with E-state index in [1.54, 1.807) is 11.9 Å². The maximum Gasteiger partial charge on any atom is 0.234 e. The molecule has 1 atom stereocenters. The third-order valence-electron chi connectivity index (χ3n) is 4.53. The third-order valence-corrected chi connectivity index (χ3v) is 4.53. The van der Waals surface area contributed by atoms with Crippen molar-refractivity contribution in [2.75, 3.05) is 20.1 Å². The molecule has 1 aromatic rings. The second-order valence-electron chi connectivity index (χ2n) is 7.42. The molecule has 0 saturated heterocycles. The fourth-order valence-electron chi connectivity index (χ4n) is 3.31. The minimum absolute atomic E-state index is 0.0300. The Balaban J connectivity index is 1.84. The average Bonchev–Trinajstić information content (AvgIpc) is 2.52. The first-order valence-electron chi connectivity index (χ1n) is 9.24. The molecule has 5 heteroatoms. The fourth-order valence-corrected chi connectivity index (χ4v) is 3.31. The normalized spacial score (nSPS) is 15.0. The summed E-state index contributed by atoms with van der Waals surface area (Å²) in [4.78, 5) is 25.7. The molecule has 1 aliphatic carbocycles. The zero-order chi connectivity index (χ0) is 18.4. The highest BCUT2D eigenvalue weighted by atomic mass is 16.2. The molecule has 0 heterocycles. The van der Waals surface area contributed by atoms with Gasteiger partial charge in [-0.25, -0.2) is 0 Å². The lowest BCUT2D eigenvalue weighted by atomic mass is 9.89. The smallest absolute Gasteiger partial charge is 0.234 e. The second-order valence-corrected chi connectivity index (χ2v) is 7.42. The molecule has 0 saturated carbocycles. The number of benzene rings is 1. The standard InChI is InChI=1S/C20H31N3O2/c1-14(2)21-19(24)12-23(4)13-20(25)22-15(3)17-10-9-16-7-5-6-8-18(16)11-17/h9-11,14-15H,5-8,12-13H2,1-4H3,(H,21,24)(H,22,25)/t15-/m0/s1. The highest BCUT2D eigenvalue weighted by molar-refractivity contribution is 5.81. The maximum atomic E-state index is 12.2. The molecule has 2 amide bonds. The Hall–Kier alpha value is -1.88. The summed E-state index contributed by atoms with van der Waals surface area (Å²) in [7, 11) is 1.78. The van der Waals surface area contributed by atoms with Crippen LogP contribution in [0.25, 0.3) is 0 Å². The van der Waals surface area contributed by atoms with Crippen LogP contribution >= 0.6 is 0 Å². The van der Waals surface area contributed by atoms with Crippen molar-refractivity contribution in [1.82, 2.24) is 15.5 Å². The van der Waals surface area contributed by atoms with Gasteiger partial charge in [0, 0.05) is 6.04 Å². The third kappa shape index (κ3) is 6.16. The van der Waals surface area contributed by atoms with Gasteiger partial charge in [-0.2, -0.15) is 0 Å². The molecule has 0 aliphatic heterocycles. The van der Waals surface area contributed by atoms with Crippen LogP contribution in [-0.4, -0.2) is 42.9 Å². The Morgan fingerprint density at radius 2 is 1.60 bits per heavy atom. The monoisotopic (exact) mass is 345 g/mol. The Morgan fingerprint density at radius 1 is 1.00 bits per heavy atom. The Morgan fingerprint density at radius 3 is 2.24 bits per heavy atom. The number of carbonyl (C=O) groups excluding carboxylic acids is 2. The number of likely N-dealkylation sites (N-methyl/N-ethyl adjacent to an activating group) is 1. The summed E-state index contributed by atoms with van der Waals surface area (Å²) in [6, 6.07) is 6.64. The van der Waals surface area contributed by atoms with Crippen LogP contribution < -0.4 is 10.6 Å². The van der Waals surface area contributed by atoms with E-state index >= 15 is 0 Å². The summed E-state index contributed by atoms with van der Waals surface area (Å²) in [5.41, 5.74) is 4.02. The van der Waals surface area contributed by atoms with E-state index < -0.39 is 0 Å². The number of fused-ring (bicyclic) bond motifs is 1. The minimum Gasteiger partial charge on any atom is -0.353 e. The van der Waals surface area contributed by atoms with Crippen LogP contribution in [0.15, 0.2) is 18.2 Å². The summed E-state index contributed by atoms with van der Waals surface area (Å²) in [5, 5.41) is 5.87. The van der Waals surface area contributed by atoms with E-state index in [1.165, 1.54) is 30.4 Å². The van der Waals surface area contributed by atoms with Gasteiger partial charge in [0.25, 0.3) is 0 Å². The van der Waals surface area contributed by atoms with Crippen LogP contribution in [0.4, 0.5) is 0 Å². The topological polar surface area (TPSA) is 61.4 Å². The molecule has 0 aromatic heterocycles. The number of carbonyl (C=O) groups is 2. The van der Waals surface area contributed by atoms with Gasteiger partial charge in [0.15, 0.2) is 0 Å². The van der Waals surface area contributed by atoms with Gasteiger partial charge >= 0.3 is 0 Å². The minimum atomic E-state index is -0.0648. The average molecular weight is 345 g/mol. The molecular formula is C20H31N3O2. The van der Waals surface area contributed by atoms with Crippen molar-refractivity contribution >= 4 is 11.8 Å². The molecule has 0 spiro atoms. The second kappa shape index (κ2) is 8.99. The van der Waals surface area contributed by atoms with Crippen molar-refractivity contribution in [3.8, 4) is 0 Å². The molecular weight excluding hydrogens is 314 g/mol. The summed E-state index contributed by atoms with van der Waals surface area (Å²) in [5.74, 6) is -0.127. The van der Waals surface area contributed by atoms with Crippen molar-refractivity contribution in [1.29, 1.82) is 0 Å². The van der Waals surface area contributed by atoms with E-state index in [4.69, 9.17) is 0 Å². The lowest BCUT2D eigenvalue weighted by Gasteiger charge is -2.21. The van der Waals surface area contributed by atoms with Gasteiger partial charge < -0.3 is 10.6 Å². The number of aryl methyl sites for hydroxylation is 2. The summed E-state index contributed by atoms with van der Waals surface area (Å²) in [6.45, 7) is 6.28. The predicted molar refractivity (Wildman–Crippen MR) is 100 cm³/mol. The molecule has 2 N–H and O–H groups in total. The van der Waals surface area contributed by atoms with Crippen molar-refractivity contribution in [2.45, 2.75) is 58.5 Å². The van der Waals surface area contributed by atoms with Crippen molar-refractivity contribution in [3.05, 3.63) is 34.9 Å². The summed E-state index contributed by atoms with van der Waals surface area (Å²) < 4.78 is 0. The van der Waals surface area contributed by atoms with Gasteiger partial charge in [0.2, 0.25) is 11.8 Å². The first-order valence-corrected chi connectivity index (χ1v) is 9.24. The van der Waals surface area contributed by atoms with Crippen molar-refractivity contribution in [2.24, 2.45) is 0 Å². The Kier molecular flexibility index (Phi) is 7.00. The number of rotatable bonds is 7. The van der Waals surface area contributed by atoms with E-state index in [9.17, 15) is 9.59 Å². The molecule has 5 nitrogen and oxygen atoms in total. The van der Waals surface area contributed by atoms with E-state index in [0.717, 1.165) is 12.0 Å². The van der Waals surface area contributed by atoms with E-state index in [1.807, 2.05) is 20.8 Å². The van der Waals surface area contributed by atoms with Gasteiger partial charge in [-0.3, -0.25) is 14.5 Å². The van der Waals surface area contributed by atoms with Crippen LogP contribution in [0.1, 0.15) is 56.3 Å². The molecule has 0 radical (unpaired) electrons. The highest BCUT2D eigenvalue weighted by Crippen LogP contribution is 2.24. The number of hydrogen-bond donors (Lipinski definition) is 2. The summed E-state index contributed by atoms with van der Waals surface area (Å²) in [6.07, 6.45) is 4.83. The van der Waals surface area contributed by atoms with Gasteiger partial charge in [0.05, 0.1) is 19.1 Å². The number of hydrogen-bond acceptors (Lipinski definition) is 3. The van der Waals surface area contributed by atoms with Crippen LogP contribution in [0.2, 0.25) is 0 Å². The first kappa shape index (κ1) is 19.4. The van der Waals surface area contributed by atoms with E-state index in [2.05, 4.69) is 28.8 Å². The molecule has 0 fully saturated rings. The van der Waals surface area contributed by atoms with Crippen molar-refractivity contribution < 1.29 is 9.59 Å². The lowest BCUT2D eigenvalue weighted by molar-refractivity contribution is -0.125. The van der Waals surface area contributed by atoms with Gasteiger partial charge in [0.1, 0.15) is 0 Å². The van der Waals surface area contributed by atoms with E-state index in [0.29, 0.717) is 0 Å². The Labute approximate surface area is 151 Å². The number of nitrogens with one attached hydrogen (secondary N) is 2. The van der Waals surface area contributed by atoms with Crippen LogP contribution in [0.3, 0.4) is 0 Å². The van der Waals surface area contributed by atoms with Crippen molar-refractivity contribution in [3.63, 3.8) is 0 Å². The molecule has 2 rings (SSSR count). The van der Waals surface area contributed by atoms with Gasteiger partial charge in [-0.15, -0.1) is 0 Å². The fraction of sp³-hybridized carbons (Fsp3) is 0.600. The zero-order valence-corrected chi connectivity index (χ0v) is 15.9. The largest absolute Gasteiger partial charge is 0.353 e. The van der Waals surface area contributed by atoms with Crippen LogP contribution in [0, 0.1) is 0 Å². The lowest BCUT2D eigenvalue weighted by Crippen LogP contribution is -2.42. The SMILES string of the molecule is CC(C)NC(=O)CN(C)CC(=O)N[C@@H](C)c1ccc2c(c1)CCCC2. The molecule has 0 unspecified atom stereocenters. The van der Waals surface area contributed by atoms with E-state index in [-0.39, 0.29) is 37.0 Å². The molecule has 0 bridgehead atoms. The summed E-state index contributed by atoms with van der Waals surface area (Å²) >= 11 is 0. The zero-order valence-electron chi connectivity index (χ0n) is 15.9. The molecule has 1 aliphatic rings. The van der Waals surface area contributed by atoms with Gasteiger partial charge in [-0.05, 0) is 70.2 Å². The predicted octanol–water partition coefficient (Wildman–Crippen LogP) is 2.20. The quantitative estimate of drug-likeness (QED) is 0.796. The Bertz CT molecular complexity index is 613. The van der Waals surface area contributed by atoms with Crippen LogP contribution in [0.5, 0.6) is 0 Å². The van der Waals surface area contributed by atoms with Crippen LogP contribution in [-0.2, 0) is 22.4 Å². The highest BCUT2D eigenvalue weighted by Gasteiger charge is 2.16. The maximum absolute atomic E-state index is 12.2. The molecule has 1 aromatic carbocycles.